The minimum Gasteiger partial charge on any atom is -0.342 e. The fraction of sp³-hybridized carbons (Fsp3) is 0.682. The van der Waals surface area contributed by atoms with Crippen molar-refractivity contribution in [1.29, 1.82) is 0 Å². The number of nitrogens with zero attached hydrogens (tertiary/aromatic N) is 1. The minimum absolute atomic E-state index is 0. The Morgan fingerprint density at radius 1 is 1.19 bits per heavy atom. The van der Waals surface area contributed by atoms with E-state index in [9.17, 15) is 4.79 Å². The van der Waals surface area contributed by atoms with Crippen LogP contribution in [-0.4, -0.2) is 29.9 Å². The summed E-state index contributed by atoms with van der Waals surface area (Å²) in [7, 11) is 0. The molecule has 0 radical (unpaired) electrons. The monoisotopic (exact) mass is 380 g/mol. The average molecular weight is 381 g/mol. The van der Waals surface area contributed by atoms with Gasteiger partial charge in [-0.2, -0.15) is 0 Å². The number of amides is 1. The molecule has 26 heavy (non-hydrogen) atoms. The Kier molecular flexibility index (Phi) is 8.16. The van der Waals surface area contributed by atoms with Crippen LogP contribution in [0.3, 0.4) is 0 Å². The lowest BCUT2D eigenvalue weighted by atomic mass is 9.79. The third kappa shape index (κ3) is 6.28. The summed E-state index contributed by atoms with van der Waals surface area (Å²) in [6.45, 7) is 12.7. The van der Waals surface area contributed by atoms with Crippen LogP contribution in [0.1, 0.15) is 71.4 Å². The maximum absolute atomic E-state index is 12.4. The van der Waals surface area contributed by atoms with E-state index in [0.29, 0.717) is 12.3 Å². The highest BCUT2D eigenvalue weighted by molar-refractivity contribution is 5.85. The highest BCUT2D eigenvalue weighted by Crippen LogP contribution is 2.28. The summed E-state index contributed by atoms with van der Waals surface area (Å²) in [5.41, 5.74) is 9.13. The summed E-state index contributed by atoms with van der Waals surface area (Å²) in [6, 6.07) is 9.14. The van der Waals surface area contributed by atoms with Gasteiger partial charge in [0.05, 0.1) is 0 Å². The molecule has 0 aliphatic carbocycles. The molecule has 3 nitrogen and oxygen atoms in total. The molecule has 0 aromatic heterocycles. The normalized spacial score (nSPS) is 19.8. The Hall–Kier alpha value is -1.06. The lowest BCUT2D eigenvalue weighted by Crippen LogP contribution is -2.53. The van der Waals surface area contributed by atoms with Gasteiger partial charge < -0.3 is 10.6 Å². The van der Waals surface area contributed by atoms with Crippen molar-refractivity contribution in [2.24, 2.45) is 11.1 Å². The molecule has 2 N–H and O–H groups in total. The predicted octanol–water partition coefficient (Wildman–Crippen LogP) is 4.70. The van der Waals surface area contributed by atoms with Crippen molar-refractivity contribution in [3.8, 4) is 0 Å². The molecule has 148 valence electrons. The second kappa shape index (κ2) is 9.23. The summed E-state index contributed by atoms with van der Waals surface area (Å²) < 4.78 is 0. The summed E-state index contributed by atoms with van der Waals surface area (Å²) >= 11 is 0. The molecule has 1 aliphatic heterocycles. The van der Waals surface area contributed by atoms with Gasteiger partial charge in [-0.15, -0.1) is 12.4 Å². The standard InChI is InChI=1S/C22H36N2O.ClH/c1-21(2,3)18-12-10-17(11-13-18)8-6-7-9-20(25)24-15-14-19(23)22(4,5)16-24;/h10-13,19H,6-9,14-16,23H2,1-5H3;1H. The number of carbonyl (C=O) groups excluding carboxylic acids is 1. The van der Waals surface area contributed by atoms with Crippen LogP contribution < -0.4 is 5.73 Å². The number of benzene rings is 1. The third-order valence-electron chi connectivity index (χ3n) is 5.59. The number of hydrogen-bond acceptors (Lipinski definition) is 2. The molecule has 1 aromatic rings. The number of nitrogens with two attached hydrogens (primary N) is 1. The first-order valence-corrected chi connectivity index (χ1v) is 9.72. The van der Waals surface area contributed by atoms with Gasteiger partial charge in [-0.25, -0.2) is 0 Å². The van der Waals surface area contributed by atoms with E-state index < -0.39 is 0 Å². The number of unbranched alkanes of at least 4 members (excludes halogenated alkanes) is 1. The first-order chi connectivity index (χ1) is 11.6. The number of halogens is 1. The van der Waals surface area contributed by atoms with Crippen LogP contribution in [0.15, 0.2) is 24.3 Å². The van der Waals surface area contributed by atoms with Crippen molar-refractivity contribution in [3.05, 3.63) is 35.4 Å². The van der Waals surface area contributed by atoms with Gasteiger partial charge in [-0.05, 0) is 47.6 Å². The largest absolute Gasteiger partial charge is 0.342 e. The quantitative estimate of drug-likeness (QED) is 0.752. The molecule has 0 bridgehead atoms. The fourth-order valence-electron chi connectivity index (χ4n) is 3.52. The molecule has 4 heteroatoms. The Balaban J connectivity index is 0.00000338. The number of carbonyl (C=O) groups is 1. The zero-order valence-corrected chi connectivity index (χ0v) is 18.0. The summed E-state index contributed by atoms with van der Waals surface area (Å²) in [4.78, 5) is 14.5. The molecule has 1 aliphatic rings. The van der Waals surface area contributed by atoms with Gasteiger partial charge in [0, 0.05) is 25.6 Å². The molecule has 1 atom stereocenters. The van der Waals surface area contributed by atoms with Crippen LogP contribution in [0.2, 0.25) is 0 Å². The SMILES string of the molecule is CC(C)(C)c1ccc(CCCCC(=O)N2CCC(N)C(C)(C)C2)cc1.Cl. The van der Waals surface area contributed by atoms with Gasteiger partial charge in [0.25, 0.3) is 0 Å². The van der Waals surface area contributed by atoms with Crippen molar-refractivity contribution >= 4 is 18.3 Å². The van der Waals surface area contributed by atoms with Crippen LogP contribution in [-0.2, 0) is 16.6 Å². The fourth-order valence-corrected chi connectivity index (χ4v) is 3.52. The average Bonchev–Trinajstić information content (AvgIpc) is 2.53. The zero-order valence-electron chi connectivity index (χ0n) is 17.2. The van der Waals surface area contributed by atoms with Crippen LogP contribution in [0, 0.1) is 5.41 Å². The molecule has 2 rings (SSSR count). The first kappa shape index (κ1) is 23.0. The Morgan fingerprint density at radius 3 is 2.35 bits per heavy atom. The number of likely N-dealkylation sites (tertiary alicyclic amines) is 1. The van der Waals surface area contributed by atoms with E-state index in [2.05, 4.69) is 58.9 Å². The van der Waals surface area contributed by atoms with Gasteiger partial charge in [0.2, 0.25) is 5.91 Å². The van der Waals surface area contributed by atoms with Crippen LogP contribution in [0.25, 0.3) is 0 Å². The second-order valence-corrected chi connectivity index (χ2v) is 9.35. The molecule has 1 fully saturated rings. The van der Waals surface area contributed by atoms with E-state index in [1.807, 2.05) is 4.90 Å². The van der Waals surface area contributed by atoms with Crippen molar-refractivity contribution in [2.45, 2.75) is 78.2 Å². The summed E-state index contributed by atoms with van der Waals surface area (Å²) in [5.74, 6) is 0.294. The smallest absolute Gasteiger partial charge is 0.222 e. The van der Waals surface area contributed by atoms with E-state index in [1.54, 1.807) is 0 Å². The van der Waals surface area contributed by atoms with E-state index >= 15 is 0 Å². The lowest BCUT2D eigenvalue weighted by molar-refractivity contribution is -0.134. The summed E-state index contributed by atoms with van der Waals surface area (Å²) in [5, 5.41) is 0. The molecule has 0 spiro atoms. The lowest BCUT2D eigenvalue weighted by Gasteiger charge is -2.42. The van der Waals surface area contributed by atoms with Crippen molar-refractivity contribution < 1.29 is 4.79 Å². The molecule has 1 saturated heterocycles. The highest BCUT2D eigenvalue weighted by Gasteiger charge is 2.34. The van der Waals surface area contributed by atoms with Crippen molar-refractivity contribution in [1.82, 2.24) is 4.90 Å². The molecule has 1 aromatic carbocycles. The van der Waals surface area contributed by atoms with E-state index in [0.717, 1.165) is 38.8 Å². The first-order valence-electron chi connectivity index (χ1n) is 9.72. The maximum Gasteiger partial charge on any atom is 0.222 e. The van der Waals surface area contributed by atoms with E-state index in [-0.39, 0.29) is 29.3 Å². The van der Waals surface area contributed by atoms with Crippen LogP contribution >= 0.6 is 12.4 Å². The highest BCUT2D eigenvalue weighted by atomic mass is 35.5. The molecule has 1 heterocycles. The molecule has 1 unspecified atom stereocenters. The minimum atomic E-state index is 0. The van der Waals surface area contributed by atoms with Gasteiger partial charge >= 0.3 is 0 Å². The number of hydrogen-bond donors (Lipinski definition) is 1. The summed E-state index contributed by atoms with van der Waals surface area (Å²) in [6.07, 6.45) is 4.65. The predicted molar refractivity (Wildman–Crippen MR) is 113 cm³/mol. The maximum atomic E-state index is 12.4. The van der Waals surface area contributed by atoms with Crippen molar-refractivity contribution in [2.75, 3.05) is 13.1 Å². The second-order valence-electron chi connectivity index (χ2n) is 9.35. The van der Waals surface area contributed by atoms with Gasteiger partial charge in [0.15, 0.2) is 0 Å². The van der Waals surface area contributed by atoms with E-state index in [4.69, 9.17) is 5.73 Å². The molecular formula is C22H37ClN2O. The van der Waals surface area contributed by atoms with Crippen LogP contribution in [0.5, 0.6) is 0 Å². The Bertz CT molecular complexity index is 575. The van der Waals surface area contributed by atoms with E-state index in [1.165, 1.54) is 11.1 Å². The molecular weight excluding hydrogens is 344 g/mol. The van der Waals surface area contributed by atoms with Crippen molar-refractivity contribution in [3.63, 3.8) is 0 Å². The van der Waals surface area contributed by atoms with Gasteiger partial charge in [-0.1, -0.05) is 58.9 Å². The Labute approximate surface area is 166 Å². The van der Waals surface area contributed by atoms with Crippen LogP contribution in [0.4, 0.5) is 0 Å². The van der Waals surface area contributed by atoms with Gasteiger partial charge in [-0.3, -0.25) is 4.79 Å². The van der Waals surface area contributed by atoms with Gasteiger partial charge in [0.1, 0.15) is 0 Å². The Morgan fingerprint density at radius 2 is 1.81 bits per heavy atom. The number of rotatable bonds is 5. The third-order valence-corrected chi connectivity index (χ3v) is 5.59. The number of piperidine rings is 1. The topological polar surface area (TPSA) is 46.3 Å². The zero-order chi connectivity index (χ0) is 18.7. The number of aryl methyl sites for hydroxylation is 1. The molecule has 0 saturated carbocycles. The molecule has 1 amide bonds.